The van der Waals surface area contributed by atoms with Gasteiger partial charge in [0.1, 0.15) is 18.0 Å². The molecule has 0 saturated carbocycles. The minimum Gasteiger partial charge on any atom is -0.494 e. The second-order valence-corrected chi connectivity index (χ2v) is 7.43. The number of carbonyl (C=O) groups is 3. The Morgan fingerprint density at radius 2 is 1.72 bits per heavy atom. The zero-order chi connectivity index (χ0) is 23.9. The van der Waals surface area contributed by atoms with Crippen LogP contribution in [-0.2, 0) is 23.8 Å². The van der Waals surface area contributed by atoms with Gasteiger partial charge in [0.05, 0.1) is 24.9 Å². The third-order valence-corrected chi connectivity index (χ3v) is 4.55. The summed E-state index contributed by atoms with van der Waals surface area (Å²) in [6, 6.07) is 6.58. The summed E-state index contributed by atoms with van der Waals surface area (Å²) in [4.78, 5) is 34.6. The van der Waals surface area contributed by atoms with Gasteiger partial charge in [-0.15, -0.1) is 0 Å². The molecule has 3 unspecified atom stereocenters. The number of esters is 3. The molecule has 0 saturated heterocycles. The third-order valence-electron chi connectivity index (χ3n) is 4.55. The Bertz CT molecular complexity index is 728. The topological polar surface area (TPSA) is 108 Å². The summed E-state index contributed by atoms with van der Waals surface area (Å²) in [6.07, 6.45) is 2.03. The second-order valence-electron chi connectivity index (χ2n) is 7.43. The van der Waals surface area contributed by atoms with Gasteiger partial charge in [-0.25, -0.2) is 9.59 Å². The summed E-state index contributed by atoms with van der Waals surface area (Å²) < 4.78 is 21.2. The Morgan fingerprint density at radius 1 is 1.06 bits per heavy atom. The Labute approximate surface area is 189 Å². The summed E-state index contributed by atoms with van der Waals surface area (Å²) in [5.74, 6) is -0.764. The first-order valence-corrected chi connectivity index (χ1v) is 10.8. The first kappa shape index (κ1) is 27.2. The zero-order valence-electron chi connectivity index (χ0n) is 19.1. The van der Waals surface area contributed by atoms with E-state index in [1.165, 1.54) is 6.92 Å². The summed E-state index contributed by atoms with van der Waals surface area (Å²) in [5, 5.41) is 9.84. The van der Waals surface area contributed by atoms with E-state index in [0.717, 1.165) is 6.08 Å². The van der Waals surface area contributed by atoms with Gasteiger partial charge >= 0.3 is 17.9 Å². The maximum absolute atomic E-state index is 12.4. The van der Waals surface area contributed by atoms with Crippen molar-refractivity contribution in [3.63, 3.8) is 0 Å². The number of hydrogen-bond acceptors (Lipinski definition) is 8. The first-order chi connectivity index (χ1) is 15.2. The number of unbranched alkanes of at least 4 members (excludes halogenated alkanes) is 1. The highest BCUT2D eigenvalue weighted by Gasteiger charge is 2.22. The fraction of sp³-hybridized carbons (Fsp3) is 0.542. The lowest BCUT2D eigenvalue weighted by atomic mass is 10.0. The SMILES string of the molecule is C=CC(=O)OCCCCOc1ccc(C(=O)OC(C)CC(CC(O)CC)OC(C)=O)cc1. The standard InChI is InChI=1S/C24H34O8/c1-5-20(26)16-22(32-18(4)25)15-17(3)31-24(28)19-9-11-21(12-10-19)29-13-7-8-14-30-23(27)6-2/h6,9-12,17,20,22,26H,2,5,7-8,13-16H2,1,3-4H3. The van der Waals surface area contributed by atoms with Crippen molar-refractivity contribution in [3.05, 3.63) is 42.5 Å². The molecule has 0 aromatic heterocycles. The minimum atomic E-state index is -0.586. The fourth-order valence-corrected chi connectivity index (χ4v) is 2.88. The van der Waals surface area contributed by atoms with Crippen LogP contribution in [0.5, 0.6) is 5.75 Å². The molecule has 0 radical (unpaired) electrons. The van der Waals surface area contributed by atoms with Gasteiger partial charge in [-0.2, -0.15) is 0 Å². The zero-order valence-corrected chi connectivity index (χ0v) is 19.1. The predicted octanol–water partition coefficient (Wildman–Crippen LogP) is 3.60. The number of aliphatic hydroxyl groups excluding tert-OH is 1. The Kier molecular flexibility index (Phi) is 12.7. The highest BCUT2D eigenvalue weighted by atomic mass is 16.6. The molecule has 3 atom stereocenters. The number of benzene rings is 1. The van der Waals surface area contributed by atoms with E-state index in [4.69, 9.17) is 18.9 Å². The fourth-order valence-electron chi connectivity index (χ4n) is 2.88. The minimum absolute atomic E-state index is 0.292. The smallest absolute Gasteiger partial charge is 0.338 e. The molecule has 0 spiro atoms. The normalized spacial score (nSPS) is 13.4. The van der Waals surface area contributed by atoms with E-state index in [0.29, 0.717) is 56.6 Å². The van der Waals surface area contributed by atoms with Crippen LogP contribution in [0.4, 0.5) is 0 Å². The van der Waals surface area contributed by atoms with Crippen LogP contribution >= 0.6 is 0 Å². The van der Waals surface area contributed by atoms with Crippen LogP contribution < -0.4 is 4.74 Å². The molecule has 1 aromatic carbocycles. The summed E-state index contributed by atoms with van der Waals surface area (Å²) in [5.41, 5.74) is 0.373. The van der Waals surface area contributed by atoms with Gasteiger partial charge < -0.3 is 24.1 Å². The largest absolute Gasteiger partial charge is 0.494 e. The molecule has 1 aromatic rings. The molecule has 0 aliphatic heterocycles. The first-order valence-electron chi connectivity index (χ1n) is 10.8. The van der Waals surface area contributed by atoms with Gasteiger partial charge in [-0.05, 0) is 50.5 Å². The Hall–Kier alpha value is -2.87. The number of hydrogen-bond donors (Lipinski definition) is 1. The van der Waals surface area contributed by atoms with E-state index in [-0.39, 0.29) is 0 Å². The molecular weight excluding hydrogens is 416 g/mol. The number of carbonyl (C=O) groups excluding carboxylic acids is 3. The highest BCUT2D eigenvalue weighted by molar-refractivity contribution is 5.89. The molecule has 8 heteroatoms. The van der Waals surface area contributed by atoms with Crippen LogP contribution in [-0.4, -0.2) is 54.5 Å². The average molecular weight is 451 g/mol. The van der Waals surface area contributed by atoms with Crippen LogP contribution in [0.15, 0.2) is 36.9 Å². The molecule has 0 aliphatic carbocycles. The van der Waals surface area contributed by atoms with E-state index < -0.39 is 36.2 Å². The predicted molar refractivity (Wildman–Crippen MR) is 118 cm³/mol. The van der Waals surface area contributed by atoms with Crippen LogP contribution in [0.1, 0.15) is 63.2 Å². The summed E-state index contributed by atoms with van der Waals surface area (Å²) in [6.45, 7) is 8.96. The van der Waals surface area contributed by atoms with Gasteiger partial charge in [0, 0.05) is 25.8 Å². The number of ether oxygens (including phenoxy) is 4. The highest BCUT2D eigenvalue weighted by Crippen LogP contribution is 2.17. The lowest BCUT2D eigenvalue weighted by Gasteiger charge is -2.23. The molecule has 0 fully saturated rings. The van der Waals surface area contributed by atoms with Crippen molar-refractivity contribution in [2.24, 2.45) is 0 Å². The van der Waals surface area contributed by atoms with E-state index in [9.17, 15) is 19.5 Å². The molecule has 178 valence electrons. The van der Waals surface area contributed by atoms with Gasteiger partial charge in [-0.3, -0.25) is 4.79 Å². The van der Waals surface area contributed by atoms with Crippen LogP contribution in [0, 0.1) is 0 Å². The molecule has 0 heterocycles. The van der Waals surface area contributed by atoms with Crippen molar-refractivity contribution in [1.82, 2.24) is 0 Å². The molecular formula is C24H34O8. The monoisotopic (exact) mass is 450 g/mol. The quantitative estimate of drug-likeness (QED) is 0.187. The average Bonchev–Trinajstić information content (AvgIpc) is 2.75. The molecule has 8 nitrogen and oxygen atoms in total. The lowest BCUT2D eigenvalue weighted by molar-refractivity contribution is -0.149. The molecule has 1 rings (SSSR count). The van der Waals surface area contributed by atoms with Crippen LogP contribution in [0.3, 0.4) is 0 Å². The van der Waals surface area contributed by atoms with Gasteiger partial charge in [0.2, 0.25) is 0 Å². The van der Waals surface area contributed by atoms with Crippen molar-refractivity contribution < 1.29 is 38.4 Å². The van der Waals surface area contributed by atoms with Crippen molar-refractivity contribution in [3.8, 4) is 5.75 Å². The van der Waals surface area contributed by atoms with Crippen LogP contribution in [0.2, 0.25) is 0 Å². The molecule has 0 aliphatic rings. The van der Waals surface area contributed by atoms with E-state index >= 15 is 0 Å². The molecule has 0 bridgehead atoms. The van der Waals surface area contributed by atoms with Gasteiger partial charge in [0.15, 0.2) is 0 Å². The Morgan fingerprint density at radius 3 is 2.31 bits per heavy atom. The molecule has 32 heavy (non-hydrogen) atoms. The van der Waals surface area contributed by atoms with Gasteiger partial charge in [-0.1, -0.05) is 13.5 Å². The van der Waals surface area contributed by atoms with E-state index in [2.05, 4.69) is 6.58 Å². The lowest BCUT2D eigenvalue weighted by Crippen LogP contribution is -2.28. The van der Waals surface area contributed by atoms with Gasteiger partial charge in [0.25, 0.3) is 0 Å². The van der Waals surface area contributed by atoms with E-state index in [1.807, 2.05) is 6.92 Å². The summed E-state index contributed by atoms with van der Waals surface area (Å²) >= 11 is 0. The number of rotatable bonds is 15. The van der Waals surface area contributed by atoms with E-state index in [1.54, 1.807) is 31.2 Å². The molecule has 1 N–H and O–H groups in total. The van der Waals surface area contributed by atoms with Crippen LogP contribution in [0.25, 0.3) is 0 Å². The third kappa shape index (κ3) is 11.5. The number of aliphatic hydroxyl groups is 1. The second kappa shape index (κ2) is 15.0. The summed E-state index contributed by atoms with van der Waals surface area (Å²) in [7, 11) is 0. The maximum Gasteiger partial charge on any atom is 0.338 e. The van der Waals surface area contributed by atoms with Crippen molar-refractivity contribution in [1.29, 1.82) is 0 Å². The van der Waals surface area contributed by atoms with Crippen molar-refractivity contribution in [2.45, 2.75) is 71.2 Å². The molecule has 0 amide bonds. The van der Waals surface area contributed by atoms with Crippen molar-refractivity contribution >= 4 is 17.9 Å². The van der Waals surface area contributed by atoms with Crippen molar-refractivity contribution in [2.75, 3.05) is 13.2 Å². The maximum atomic E-state index is 12.4. The Balaban J connectivity index is 2.44.